The number of hydrogen-bond donors (Lipinski definition) is 0. The molecule has 0 saturated heterocycles. The predicted octanol–water partition coefficient (Wildman–Crippen LogP) is 12.7. The Morgan fingerprint density at radius 3 is 2.37 bits per heavy atom. The van der Waals surface area contributed by atoms with Gasteiger partial charge in [-0.15, -0.1) is 12.3 Å². The fourth-order valence-corrected chi connectivity index (χ4v) is 11.5. The molecule has 1 aromatic carbocycles. The fourth-order valence-electron chi connectivity index (χ4n) is 7.46. The highest BCUT2D eigenvalue weighted by atomic mass is 28.4. The van der Waals surface area contributed by atoms with Crippen molar-refractivity contribution in [3.05, 3.63) is 90.1 Å². The monoisotopic (exact) mass is 819 g/mol. The quantitative estimate of drug-likeness (QED) is 0.0588. The van der Waals surface area contributed by atoms with Crippen molar-refractivity contribution in [1.82, 2.24) is 0 Å². The normalized spacial score (nSPS) is 21.6. The average Bonchev–Trinajstić information content (AvgIpc) is 3.16. The summed E-state index contributed by atoms with van der Waals surface area (Å²) in [6, 6.07) is 11.3. The van der Waals surface area contributed by atoms with E-state index < -0.39 is 16.6 Å². The number of hydrogen-bond acceptors (Lipinski definition) is 6. The molecule has 1 aromatic rings. The Morgan fingerprint density at radius 1 is 1.05 bits per heavy atom. The highest BCUT2D eigenvalue weighted by Crippen LogP contribution is 2.39. The maximum atomic E-state index is 7.30. The molecule has 0 saturated carbocycles. The molecule has 318 valence electrons. The molecule has 0 spiro atoms. The minimum Gasteiger partial charge on any atom is -0.497 e. The van der Waals surface area contributed by atoms with E-state index in [4.69, 9.17) is 34.2 Å². The molecule has 0 aliphatic carbocycles. The zero-order valence-electron chi connectivity index (χ0n) is 37.6. The second-order valence-corrected chi connectivity index (χ2v) is 27.5. The molecule has 0 N–H and O–H groups in total. The Labute approximate surface area is 350 Å². The minimum atomic E-state index is -2.10. The first-order chi connectivity index (χ1) is 27.0. The molecule has 0 fully saturated rings. The average molecular weight is 819 g/mol. The van der Waals surface area contributed by atoms with Crippen LogP contribution >= 0.6 is 0 Å². The van der Waals surface area contributed by atoms with Gasteiger partial charge in [-0.3, -0.25) is 0 Å². The lowest BCUT2D eigenvalue weighted by Crippen LogP contribution is -2.44. The summed E-state index contributed by atoms with van der Waals surface area (Å²) < 4.78 is 39.2. The van der Waals surface area contributed by atoms with E-state index in [0.717, 1.165) is 61.5 Å². The Kier molecular flexibility index (Phi) is 20.5. The van der Waals surface area contributed by atoms with Crippen LogP contribution in [0.15, 0.2) is 84.5 Å². The summed E-state index contributed by atoms with van der Waals surface area (Å²) in [5, 5.41) is 0.0748. The first-order valence-corrected chi connectivity index (χ1v) is 27.1. The molecule has 57 heavy (non-hydrogen) atoms. The van der Waals surface area contributed by atoms with Crippen LogP contribution in [-0.4, -0.2) is 67.0 Å². The molecule has 2 heterocycles. The first-order valence-electron chi connectivity index (χ1n) is 21.7. The zero-order valence-corrected chi connectivity index (χ0v) is 39.6. The Balaban J connectivity index is 1.89. The lowest BCUT2D eigenvalue weighted by Gasteiger charge is -2.39. The van der Waals surface area contributed by atoms with E-state index in [1.54, 1.807) is 7.11 Å². The smallest absolute Gasteiger partial charge is 0.193 e. The molecule has 3 rings (SSSR count). The van der Waals surface area contributed by atoms with Crippen molar-refractivity contribution in [3.63, 3.8) is 0 Å². The molecule has 0 amide bonds. The van der Waals surface area contributed by atoms with Gasteiger partial charge in [-0.25, -0.2) is 0 Å². The number of rotatable bonds is 24. The standard InChI is InChI=1S/C49H78O6Si2/c1-14-20-43-21-18-22-45(53-43)35-39(6)33-40(7)36-46(54-56(12,13)49(8,9)10)23-19-24-47(52-37-41-25-27-42(50-11)28-26-41)48(55-57(15-2,16-3)17-4)30-29-44-34-38(5)31-32-51-44/h1,18-19,21,23,25-31,39,43-48H,7,15-17,20,22,24,32-37H2,2-6,8-13H3/b23-19+,30-29+/t39-,43?,44+,45?,46+,47-,48-/m0/s1. The number of methoxy groups -OCH3 is 1. The second kappa shape index (κ2) is 23.9. The fraction of sp³-hybridized carbons (Fsp3) is 0.633. The molecule has 7 atom stereocenters. The van der Waals surface area contributed by atoms with E-state index in [9.17, 15) is 0 Å². The van der Waals surface area contributed by atoms with Crippen LogP contribution < -0.4 is 4.74 Å². The summed E-state index contributed by atoms with van der Waals surface area (Å²) in [6.07, 6.45) is 26.6. The van der Waals surface area contributed by atoms with Crippen molar-refractivity contribution in [2.24, 2.45) is 5.92 Å². The van der Waals surface area contributed by atoms with Crippen LogP contribution in [0.4, 0.5) is 0 Å². The first kappa shape index (κ1) is 48.9. The predicted molar refractivity (Wildman–Crippen MR) is 245 cm³/mol. The third-order valence-electron chi connectivity index (χ3n) is 12.3. The van der Waals surface area contributed by atoms with Crippen molar-refractivity contribution in [1.29, 1.82) is 0 Å². The van der Waals surface area contributed by atoms with Crippen LogP contribution in [0.3, 0.4) is 0 Å². The summed E-state index contributed by atoms with van der Waals surface area (Å²) in [6.45, 7) is 28.7. The summed E-state index contributed by atoms with van der Waals surface area (Å²) in [5.74, 6) is 4.02. The van der Waals surface area contributed by atoms with Gasteiger partial charge in [0.25, 0.3) is 0 Å². The molecular weight excluding hydrogens is 741 g/mol. The molecule has 6 nitrogen and oxygen atoms in total. The number of benzene rings is 1. The van der Waals surface area contributed by atoms with Gasteiger partial charge in [0, 0.05) is 6.42 Å². The van der Waals surface area contributed by atoms with Crippen molar-refractivity contribution >= 4 is 16.6 Å². The summed E-state index contributed by atoms with van der Waals surface area (Å²) >= 11 is 0. The molecule has 2 unspecified atom stereocenters. The molecule has 2 aliphatic heterocycles. The Morgan fingerprint density at radius 2 is 1.75 bits per heavy atom. The van der Waals surface area contributed by atoms with Crippen LogP contribution in [-0.2, 0) is 29.7 Å². The summed E-state index contributed by atoms with van der Waals surface area (Å²) in [4.78, 5) is 0. The molecular formula is C49H78O6Si2. The lowest BCUT2D eigenvalue weighted by atomic mass is 9.91. The zero-order chi connectivity index (χ0) is 42.1. The maximum Gasteiger partial charge on any atom is 0.193 e. The van der Waals surface area contributed by atoms with Gasteiger partial charge in [0.1, 0.15) is 5.75 Å². The molecule has 0 aromatic heterocycles. The largest absolute Gasteiger partial charge is 0.497 e. The van der Waals surface area contributed by atoms with E-state index in [-0.39, 0.29) is 41.7 Å². The van der Waals surface area contributed by atoms with Gasteiger partial charge in [-0.2, -0.15) is 0 Å². The van der Waals surface area contributed by atoms with Crippen LogP contribution in [0.2, 0.25) is 36.3 Å². The molecule has 2 aliphatic rings. The van der Waals surface area contributed by atoms with E-state index in [1.807, 2.05) is 12.1 Å². The summed E-state index contributed by atoms with van der Waals surface area (Å²) in [7, 11) is -2.42. The third kappa shape index (κ3) is 16.6. The number of terminal acetylenes is 1. The van der Waals surface area contributed by atoms with Gasteiger partial charge < -0.3 is 27.8 Å². The third-order valence-corrected chi connectivity index (χ3v) is 21.4. The summed E-state index contributed by atoms with van der Waals surface area (Å²) in [5.41, 5.74) is 3.67. The van der Waals surface area contributed by atoms with E-state index in [1.165, 1.54) is 11.1 Å². The van der Waals surface area contributed by atoms with Crippen LogP contribution in [0, 0.1) is 18.3 Å². The maximum absolute atomic E-state index is 7.30. The van der Waals surface area contributed by atoms with Gasteiger partial charge in [0.05, 0.1) is 56.9 Å². The van der Waals surface area contributed by atoms with Crippen LogP contribution in [0.5, 0.6) is 5.75 Å². The Hall–Kier alpha value is -2.49. The van der Waals surface area contributed by atoms with Gasteiger partial charge in [0.15, 0.2) is 16.6 Å². The van der Waals surface area contributed by atoms with Crippen molar-refractivity contribution < 1.29 is 27.8 Å². The van der Waals surface area contributed by atoms with Crippen molar-refractivity contribution in [2.45, 2.75) is 180 Å². The topological polar surface area (TPSA) is 55.4 Å². The molecule has 0 bridgehead atoms. The van der Waals surface area contributed by atoms with Crippen molar-refractivity contribution in [3.8, 4) is 18.1 Å². The highest BCUT2D eigenvalue weighted by Gasteiger charge is 2.39. The van der Waals surface area contributed by atoms with E-state index >= 15 is 0 Å². The Bertz CT molecular complexity index is 1500. The van der Waals surface area contributed by atoms with Crippen LogP contribution in [0.1, 0.15) is 106 Å². The lowest BCUT2D eigenvalue weighted by molar-refractivity contribution is -0.0197. The molecule has 8 heteroatoms. The highest BCUT2D eigenvalue weighted by molar-refractivity contribution is 6.74. The SMILES string of the molecule is C#CCC1C=CCC(C[C@@H](C)CC(=C)C[C@@H](/C=C/C[C@H](OCc2ccc(OC)cc2)[C@H](/C=C/[C@@H]2CC(C)=CCO2)O[Si](CC)(CC)CC)O[Si](C)(C)C(C)(C)C)O1. The van der Waals surface area contributed by atoms with E-state index in [0.29, 0.717) is 32.0 Å². The van der Waals surface area contributed by atoms with Gasteiger partial charge in [0.2, 0.25) is 0 Å². The van der Waals surface area contributed by atoms with Gasteiger partial charge in [-0.05, 0) is 105 Å². The van der Waals surface area contributed by atoms with Crippen molar-refractivity contribution in [2.75, 3.05) is 13.7 Å². The second-order valence-electron chi connectivity index (χ2n) is 18.0. The van der Waals surface area contributed by atoms with Crippen LogP contribution in [0.25, 0.3) is 0 Å². The minimum absolute atomic E-state index is 0.0211. The van der Waals surface area contributed by atoms with Gasteiger partial charge in [-0.1, -0.05) is 121 Å². The number of ether oxygens (including phenoxy) is 4. The van der Waals surface area contributed by atoms with E-state index in [2.05, 4.69) is 136 Å². The molecule has 0 radical (unpaired) electrons. The van der Waals surface area contributed by atoms with Gasteiger partial charge >= 0.3 is 0 Å².